The molecule has 0 unspecified atom stereocenters. The zero-order valence-electron chi connectivity index (χ0n) is 12.4. The van der Waals surface area contributed by atoms with Crippen LogP contribution in [-0.2, 0) is 21.3 Å². The average molecular weight is 320 g/mol. The molecule has 1 rings (SSSR count). The number of likely N-dealkylation sites (N-methyl/N-ethyl adjacent to an activating group) is 1. The van der Waals surface area contributed by atoms with Gasteiger partial charge in [-0.25, -0.2) is 8.42 Å². The quantitative estimate of drug-likeness (QED) is 0.669. The highest BCUT2D eigenvalue weighted by Gasteiger charge is 2.22. The molecule has 0 amide bonds. The number of thiophene rings is 1. The predicted molar refractivity (Wildman–Crippen MR) is 82.6 cm³/mol. The van der Waals surface area contributed by atoms with Gasteiger partial charge in [-0.2, -0.15) is 4.31 Å². The van der Waals surface area contributed by atoms with Crippen molar-refractivity contribution in [2.75, 3.05) is 33.4 Å². The molecule has 1 heterocycles. The van der Waals surface area contributed by atoms with Crippen molar-refractivity contribution in [2.24, 2.45) is 0 Å². The molecule has 0 atom stereocenters. The first kappa shape index (κ1) is 17.6. The second-order valence-electron chi connectivity index (χ2n) is 4.42. The van der Waals surface area contributed by atoms with Crippen molar-refractivity contribution in [3.63, 3.8) is 0 Å². The molecule has 0 fully saturated rings. The van der Waals surface area contributed by atoms with Crippen LogP contribution in [0.4, 0.5) is 0 Å². The van der Waals surface area contributed by atoms with E-state index in [1.165, 1.54) is 15.6 Å². The van der Waals surface area contributed by atoms with Gasteiger partial charge in [0.05, 0.1) is 6.61 Å². The van der Waals surface area contributed by atoms with E-state index in [1.54, 1.807) is 13.1 Å². The van der Waals surface area contributed by atoms with Crippen LogP contribution in [0.2, 0.25) is 0 Å². The molecule has 0 aromatic carbocycles. The standard InChI is InChI=1S/C13H24N2O3S2/c1-4-8-14-11-12-6-7-13(19-12)20(16,17)15(3)9-10-18-5-2/h6-7,14H,4-5,8-11H2,1-3H3. The summed E-state index contributed by atoms with van der Waals surface area (Å²) in [5, 5.41) is 3.27. The first-order valence-corrected chi connectivity index (χ1v) is 9.11. The van der Waals surface area contributed by atoms with Crippen LogP contribution >= 0.6 is 11.3 Å². The van der Waals surface area contributed by atoms with Crippen molar-refractivity contribution in [1.82, 2.24) is 9.62 Å². The molecule has 1 N–H and O–H groups in total. The molecule has 0 aliphatic carbocycles. The summed E-state index contributed by atoms with van der Waals surface area (Å²) >= 11 is 1.32. The zero-order valence-corrected chi connectivity index (χ0v) is 14.0. The molecule has 0 aliphatic rings. The second kappa shape index (κ2) is 8.74. The molecule has 7 heteroatoms. The summed E-state index contributed by atoms with van der Waals surface area (Å²) in [5.74, 6) is 0. The fraction of sp³-hybridized carbons (Fsp3) is 0.692. The SMILES string of the molecule is CCCNCc1ccc(S(=O)(=O)N(C)CCOCC)s1. The maximum atomic E-state index is 12.3. The molecule has 0 spiro atoms. The molecule has 20 heavy (non-hydrogen) atoms. The van der Waals surface area contributed by atoms with E-state index in [-0.39, 0.29) is 0 Å². The molecule has 0 saturated carbocycles. The van der Waals surface area contributed by atoms with Crippen LogP contribution in [0.5, 0.6) is 0 Å². The minimum absolute atomic E-state index is 0.373. The summed E-state index contributed by atoms with van der Waals surface area (Å²) in [7, 11) is -1.80. The number of rotatable bonds is 10. The lowest BCUT2D eigenvalue weighted by molar-refractivity contribution is 0.138. The van der Waals surface area contributed by atoms with Crippen molar-refractivity contribution >= 4 is 21.4 Å². The molecule has 0 bridgehead atoms. The van der Waals surface area contributed by atoms with Gasteiger partial charge in [-0.1, -0.05) is 6.92 Å². The lowest BCUT2D eigenvalue weighted by Crippen LogP contribution is -2.29. The van der Waals surface area contributed by atoms with E-state index in [9.17, 15) is 8.42 Å². The van der Waals surface area contributed by atoms with Crippen LogP contribution in [-0.4, -0.2) is 46.1 Å². The van der Waals surface area contributed by atoms with Gasteiger partial charge in [0.1, 0.15) is 4.21 Å². The first-order valence-electron chi connectivity index (χ1n) is 6.85. The van der Waals surface area contributed by atoms with Gasteiger partial charge in [-0.05, 0) is 32.0 Å². The molecular formula is C13H24N2O3S2. The molecule has 1 aromatic heterocycles. The van der Waals surface area contributed by atoms with Crippen LogP contribution in [0.3, 0.4) is 0 Å². The topological polar surface area (TPSA) is 58.6 Å². The third-order valence-corrected chi connectivity index (χ3v) is 6.19. The summed E-state index contributed by atoms with van der Waals surface area (Å²) in [6.07, 6.45) is 1.07. The largest absolute Gasteiger partial charge is 0.380 e. The predicted octanol–water partition coefficient (Wildman–Crippen LogP) is 1.90. The molecule has 116 valence electrons. The van der Waals surface area contributed by atoms with Crippen molar-refractivity contribution < 1.29 is 13.2 Å². The van der Waals surface area contributed by atoms with Gasteiger partial charge in [0.15, 0.2) is 0 Å². The molecule has 5 nitrogen and oxygen atoms in total. The fourth-order valence-electron chi connectivity index (χ4n) is 1.59. The van der Waals surface area contributed by atoms with E-state index in [1.807, 2.05) is 13.0 Å². The van der Waals surface area contributed by atoms with Gasteiger partial charge in [0.2, 0.25) is 0 Å². The number of hydrogen-bond acceptors (Lipinski definition) is 5. The molecule has 1 aromatic rings. The van der Waals surface area contributed by atoms with Crippen molar-refractivity contribution in [1.29, 1.82) is 0 Å². The number of nitrogens with zero attached hydrogens (tertiary/aromatic N) is 1. The Labute approximate surface area is 126 Å². The number of sulfonamides is 1. The second-order valence-corrected chi connectivity index (χ2v) is 7.86. The van der Waals surface area contributed by atoms with E-state index in [0.29, 0.717) is 24.0 Å². The summed E-state index contributed by atoms with van der Waals surface area (Å²) in [6, 6.07) is 3.55. The van der Waals surface area contributed by atoms with Crippen molar-refractivity contribution in [2.45, 2.75) is 31.0 Å². The van der Waals surface area contributed by atoms with Crippen molar-refractivity contribution in [3.05, 3.63) is 17.0 Å². The lowest BCUT2D eigenvalue weighted by Gasteiger charge is -2.15. The van der Waals surface area contributed by atoms with E-state index in [0.717, 1.165) is 24.4 Å². The molecule has 0 aliphatic heterocycles. The molecular weight excluding hydrogens is 296 g/mol. The maximum Gasteiger partial charge on any atom is 0.252 e. The van der Waals surface area contributed by atoms with Crippen LogP contribution in [0.1, 0.15) is 25.1 Å². The zero-order chi connectivity index (χ0) is 15.0. The van der Waals surface area contributed by atoms with Gasteiger partial charge in [0.25, 0.3) is 10.0 Å². The average Bonchev–Trinajstić information content (AvgIpc) is 2.88. The van der Waals surface area contributed by atoms with E-state index >= 15 is 0 Å². The van der Waals surface area contributed by atoms with Gasteiger partial charge < -0.3 is 10.1 Å². The van der Waals surface area contributed by atoms with E-state index in [2.05, 4.69) is 12.2 Å². The Bertz CT molecular complexity index is 486. The van der Waals surface area contributed by atoms with Gasteiger partial charge in [-0.3, -0.25) is 0 Å². The Hall–Kier alpha value is -0.470. The Balaban J connectivity index is 2.62. The third-order valence-electron chi connectivity index (χ3n) is 2.78. The van der Waals surface area contributed by atoms with Gasteiger partial charge >= 0.3 is 0 Å². The highest BCUT2D eigenvalue weighted by Crippen LogP contribution is 2.24. The summed E-state index contributed by atoms with van der Waals surface area (Å²) in [4.78, 5) is 1.04. The van der Waals surface area contributed by atoms with Gasteiger partial charge in [0, 0.05) is 31.6 Å². The normalized spacial score (nSPS) is 12.2. The van der Waals surface area contributed by atoms with Crippen LogP contribution in [0, 0.1) is 0 Å². The van der Waals surface area contributed by atoms with E-state index < -0.39 is 10.0 Å². The van der Waals surface area contributed by atoms with Gasteiger partial charge in [-0.15, -0.1) is 11.3 Å². The molecule has 0 saturated heterocycles. The Morgan fingerprint density at radius 2 is 2.10 bits per heavy atom. The highest BCUT2D eigenvalue weighted by atomic mass is 32.2. The Morgan fingerprint density at radius 3 is 2.75 bits per heavy atom. The number of nitrogens with one attached hydrogen (secondary N) is 1. The minimum Gasteiger partial charge on any atom is -0.380 e. The maximum absolute atomic E-state index is 12.3. The third kappa shape index (κ3) is 5.14. The summed E-state index contributed by atoms with van der Waals surface area (Å²) in [5.41, 5.74) is 0. The van der Waals surface area contributed by atoms with Crippen LogP contribution in [0.25, 0.3) is 0 Å². The Morgan fingerprint density at radius 1 is 1.35 bits per heavy atom. The van der Waals surface area contributed by atoms with Crippen LogP contribution < -0.4 is 5.32 Å². The highest BCUT2D eigenvalue weighted by molar-refractivity contribution is 7.91. The number of hydrogen-bond donors (Lipinski definition) is 1. The lowest BCUT2D eigenvalue weighted by atomic mass is 10.4. The molecule has 0 radical (unpaired) electrons. The van der Waals surface area contributed by atoms with Crippen LogP contribution in [0.15, 0.2) is 16.3 Å². The Kier molecular flexibility index (Phi) is 7.68. The minimum atomic E-state index is -3.39. The summed E-state index contributed by atoms with van der Waals surface area (Å²) in [6.45, 7) is 7.04. The number of ether oxygens (including phenoxy) is 1. The fourth-order valence-corrected chi connectivity index (χ4v) is 4.28. The monoisotopic (exact) mass is 320 g/mol. The first-order chi connectivity index (χ1) is 9.52. The van der Waals surface area contributed by atoms with Crippen molar-refractivity contribution in [3.8, 4) is 0 Å². The van der Waals surface area contributed by atoms with E-state index in [4.69, 9.17) is 4.74 Å². The summed E-state index contributed by atoms with van der Waals surface area (Å²) < 4.78 is 31.6. The smallest absolute Gasteiger partial charge is 0.252 e.